The summed E-state index contributed by atoms with van der Waals surface area (Å²) in [6.07, 6.45) is 0. The highest BCUT2D eigenvalue weighted by Crippen LogP contribution is 2.29. The van der Waals surface area contributed by atoms with Crippen molar-refractivity contribution >= 4 is 28.9 Å². The largest absolute Gasteiger partial charge is 0.493 e. The number of ether oxygens (including phenoxy) is 2. The fraction of sp³-hybridized carbons (Fsp3) is 0.143. The lowest BCUT2D eigenvalue weighted by Gasteiger charge is -2.13. The minimum atomic E-state index is 0.496. The molecule has 0 aliphatic carbocycles. The Bertz CT molecular complexity index is 849. The van der Waals surface area contributed by atoms with E-state index >= 15 is 0 Å². The van der Waals surface area contributed by atoms with Crippen LogP contribution < -0.4 is 14.8 Å². The molecule has 3 nitrogen and oxygen atoms in total. The van der Waals surface area contributed by atoms with E-state index < -0.39 is 0 Å². The van der Waals surface area contributed by atoms with Crippen LogP contribution in [0.2, 0.25) is 10.0 Å². The molecule has 0 aliphatic heterocycles. The van der Waals surface area contributed by atoms with Crippen molar-refractivity contribution in [2.75, 3.05) is 12.4 Å². The van der Waals surface area contributed by atoms with Crippen LogP contribution in [0.15, 0.2) is 66.7 Å². The Balaban J connectivity index is 1.66. The first-order chi connectivity index (χ1) is 12.6. The molecular weight excluding hydrogens is 369 g/mol. The van der Waals surface area contributed by atoms with Crippen LogP contribution in [-0.2, 0) is 13.2 Å². The fourth-order valence-electron chi connectivity index (χ4n) is 2.54. The summed E-state index contributed by atoms with van der Waals surface area (Å²) in [7, 11) is 1.64. The molecule has 0 radical (unpaired) electrons. The monoisotopic (exact) mass is 387 g/mol. The van der Waals surface area contributed by atoms with Gasteiger partial charge in [0, 0.05) is 22.3 Å². The number of anilines is 1. The van der Waals surface area contributed by atoms with Crippen molar-refractivity contribution < 1.29 is 9.47 Å². The molecule has 3 aromatic rings. The van der Waals surface area contributed by atoms with Crippen molar-refractivity contribution in [3.8, 4) is 11.5 Å². The molecule has 0 spiro atoms. The highest BCUT2D eigenvalue weighted by Gasteiger charge is 2.07. The molecule has 134 valence electrons. The predicted molar refractivity (Wildman–Crippen MR) is 108 cm³/mol. The van der Waals surface area contributed by atoms with Gasteiger partial charge in [-0.25, -0.2) is 0 Å². The molecule has 0 bridgehead atoms. The van der Waals surface area contributed by atoms with Crippen LogP contribution in [0.25, 0.3) is 0 Å². The second-order valence-corrected chi connectivity index (χ2v) is 6.64. The number of hydrogen-bond donors (Lipinski definition) is 1. The average molecular weight is 388 g/mol. The summed E-state index contributed by atoms with van der Waals surface area (Å²) in [5.74, 6) is 1.41. The molecule has 0 saturated heterocycles. The van der Waals surface area contributed by atoms with Gasteiger partial charge < -0.3 is 14.8 Å². The van der Waals surface area contributed by atoms with Crippen LogP contribution in [0.5, 0.6) is 11.5 Å². The van der Waals surface area contributed by atoms with Crippen LogP contribution in [0, 0.1) is 0 Å². The van der Waals surface area contributed by atoms with E-state index in [1.807, 2.05) is 60.7 Å². The minimum Gasteiger partial charge on any atom is -0.493 e. The zero-order valence-electron chi connectivity index (χ0n) is 14.3. The second-order valence-electron chi connectivity index (χ2n) is 5.77. The van der Waals surface area contributed by atoms with Crippen LogP contribution in [0.3, 0.4) is 0 Å². The maximum atomic E-state index is 6.02. The van der Waals surface area contributed by atoms with E-state index in [-0.39, 0.29) is 0 Å². The Hall–Kier alpha value is -2.36. The van der Waals surface area contributed by atoms with Crippen molar-refractivity contribution in [3.63, 3.8) is 0 Å². The topological polar surface area (TPSA) is 30.5 Å². The number of halogens is 2. The number of nitrogens with one attached hydrogen (secondary N) is 1. The van der Waals surface area contributed by atoms with E-state index in [0.29, 0.717) is 34.7 Å². The van der Waals surface area contributed by atoms with Gasteiger partial charge in [0.05, 0.1) is 7.11 Å². The van der Waals surface area contributed by atoms with Crippen LogP contribution in [-0.4, -0.2) is 7.11 Å². The summed E-state index contributed by atoms with van der Waals surface area (Å²) in [4.78, 5) is 0. The van der Waals surface area contributed by atoms with Gasteiger partial charge in [-0.05, 0) is 41.5 Å². The number of methoxy groups -OCH3 is 1. The molecule has 0 fully saturated rings. The van der Waals surface area contributed by atoms with Crippen molar-refractivity contribution in [2.24, 2.45) is 0 Å². The lowest BCUT2D eigenvalue weighted by atomic mass is 10.2. The highest BCUT2D eigenvalue weighted by molar-refractivity contribution is 6.35. The van der Waals surface area contributed by atoms with Crippen molar-refractivity contribution in [2.45, 2.75) is 13.2 Å². The molecule has 0 unspecified atom stereocenters. The molecule has 0 heterocycles. The molecule has 0 saturated carbocycles. The van der Waals surface area contributed by atoms with Gasteiger partial charge in [0.15, 0.2) is 11.5 Å². The van der Waals surface area contributed by atoms with Gasteiger partial charge in [0.25, 0.3) is 0 Å². The van der Waals surface area contributed by atoms with Crippen LogP contribution in [0.1, 0.15) is 11.1 Å². The smallest absolute Gasteiger partial charge is 0.161 e. The Morgan fingerprint density at radius 2 is 1.54 bits per heavy atom. The van der Waals surface area contributed by atoms with E-state index in [1.54, 1.807) is 13.2 Å². The maximum absolute atomic E-state index is 6.02. The first-order valence-electron chi connectivity index (χ1n) is 8.17. The van der Waals surface area contributed by atoms with Crippen molar-refractivity contribution in [1.82, 2.24) is 0 Å². The van der Waals surface area contributed by atoms with E-state index in [1.165, 1.54) is 0 Å². The summed E-state index contributed by atoms with van der Waals surface area (Å²) in [5, 5.41) is 4.50. The minimum absolute atomic E-state index is 0.496. The van der Waals surface area contributed by atoms with Gasteiger partial charge in [0.2, 0.25) is 0 Å². The summed E-state index contributed by atoms with van der Waals surface area (Å²) in [6.45, 7) is 1.11. The molecular formula is C21H19Cl2NO2. The Labute approximate surface area is 163 Å². The molecule has 0 atom stereocenters. The zero-order chi connectivity index (χ0) is 18.4. The molecule has 0 amide bonds. The van der Waals surface area contributed by atoms with E-state index in [2.05, 4.69) is 5.32 Å². The zero-order valence-corrected chi connectivity index (χ0v) is 15.8. The normalized spacial score (nSPS) is 10.4. The van der Waals surface area contributed by atoms with Crippen molar-refractivity contribution in [3.05, 3.63) is 87.9 Å². The second kappa shape index (κ2) is 8.84. The molecule has 0 aliphatic rings. The summed E-state index contributed by atoms with van der Waals surface area (Å²) < 4.78 is 11.4. The van der Waals surface area contributed by atoms with Gasteiger partial charge in [-0.1, -0.05) is 59.6 Å². The lowest BCUT2D eigenvalue weighted by molar-refractivity contribution is 0.284. The van der Waals surface area contributed by atoms with E-state index in [9.17, 15) is 0 Å². The first kappa shape index (κ1) is 18.4. The Kier molecular flexibility index (Phi) is 6.26. The maximum Gasteiger partial charge on any atom is 0.161 e. The SMILES string of the molecule is COc1cc(CNc2cc(Cl)cc(Cl)c2)ccc1OCc1ccccc1. The Morgan fingerprint density at radius 1 is 0.808 bits per heavy atom. The van der Waals surface area contributed by atoms with Crippen LogP contribution in [0.4, 0.5) is 5.69 Å². The molecule has 3 rings (SSSR count). The molecule has 0 aromatic heterocycles. The molecule has 3 aromatic carbocycles. The van der Waals surface area contributed by atoms with Gasteiger partial charge >= 0.3 is 0 Å². The van der Waals surface area contributed by atoms with E-state index in [4.69, 9.17) is 32.7 Å². The summed E-state index contributed by atoms with van der Waals surface area (Å²) >= 11 is 12.0. The number of rotatable bonds is 7. The van der Waals surface area contributed by atoms with E-state index in [0.717, 1.165) is 16.8 Å². The van der Waals surface area contributed by atoms with Gasteiger partial charge in [-0.3, -0.25) is 0 Å². The third-order valence-corrected chi connectivity index (χ3v) is 4.26. The molecule has 1 N–H and O–H groups in total. The number of hydrogen-bond acceptors (Lipinski definition) is 3. The Morgan fingerprint density at radius 3 is 2.23 bits per heavy atom. The molecule has 26 heavy (non-hydrogen) atoms. The summed E-state index contributed by atoms with van der Waals surface area (Å²) in [6, 6.07) is 21.3. The third-order valence-electron chi connectivity index (χ3n) is 3.82. The van der Waals surface area contributed by atoms with Gasteiger partial charge in [0.1, 0.15) is 6.61 Å². The average Bonchev–Trinajstić information content (AvgIpc) is 2.65. The third kappa shape index (κ3) is 5.07. The fourth-order valence-corrected chi connectivity index (χ4v) is 3.06. The van der Waals surface area contributed by atoms with Gasteiger partial charge in [-0.15, -0.1) is 0 Å². The lowest BCUT2D eigenvalue weighted by Crippen LogP contribution is -2.02. The predicted octanol–water partition coefficient (Wildman–Crippen LogP) is 6.19. The van der Waals surface area contributed by atoms with Crippen molar-refractivity contribution in [1.29, 1.82) is 0 Å². The summed E-state index contributed by atoms with van der Waals surface area (Å²) in [5.41, 5.74) is 3.04. The van der Waals surface area contributed by atoms with Gasteiger partial charge in [-0.2, -0.15) is 0 Å². The highest BCUT2D eigenvalue weighted by atomic mass is 35.5. The molecule has 5 heteroatoms. The standard InChI is InChI=1S/C21H19Cl2NO2/c1-25-21-9-16(13-24-19-11-17(22)10-18(23)12-19)7-8-20(21)26-14-15-5-3-2-4-6-15/h2-12,24H,13-14H2,1H3. The van der Waals surface area contributed by atoms with Crippen LogP contribution >= 0.6 is 23.2 Å². The first-order valence-corrected chi connectivity index (χ1v) is 8.93. The quantitative estimate of drug-likeness (QED) is 0.523. The number of benzene rings is 3.